The zero-order valence-electron chi connectivity index (χ0n) is 26.8. The predicted octanol–water partition coefficient (Wildman–Crippen LogP) is 12.5. The van der Waals surface area contributed by atoms with Crippen molar-refractivity contribution in [2.45, 2.75) is 37.5 Å². The first kappa shape index (κ1) is 26.3. The Labute approximate surface area is 284 Å². The lowest BCUT2D eigenvalue weighted by Gasteiger charge is -2.61. The molecule has 0 unspecified atom stereocenters. The number of rotatable bonds is 2. The molecule has 0 N–H and O–H groups in total. The van der Waals surface area contributed by atoms with Gasteiger partial charge in [0.2, 0.25) is 0 Å². The summed E-state index contributed by atoms with van der Waals surface area (Å²) in [7, 11) is 0. The SMILES string of the molecule is c1ccc2c(c1)-c1ccc(-n3c4ccccc4c4cc(-c5ccc6c(c5)sc5ccccc56)ccc43)cc1C21C2CC3CC(C2)CC1C3. The monoisotopic (exact) mass is 633 g/mol. The van der Waals surface area contributed by atoms with Gasteiger partial charge in [0.05, 0.1) is 11.0 Å². The Kier molecular flexibility index (Phi) is 5.08. The fourth-order valence-electron chi connectivity index (χ4n) is 11.6. The molecule has 2 heterocycles. The Morgan fingerprint density at radius 2 is 1.15 bits per heavy atom. The molecule has 13 rings (SSSR count). The summed E-state index contributed by atoms with van der Waals surface area (Å²) in [6.07, 6.45) is 7.14. The van der Waals surface area contributed by atoms with Gasteiger partial charge in [-0.15, -0.1) is 11.3 Å². The summed E-state index contributed by atoms with van der Waals surface area (Å²) in [6.45, 7) is 0. The maximum absolute atomic E-state index is 2.63. The molecule has 0 atom stereocenters. The van der Waals surface area contributed by atoms with E-state index in [1.165, 1.54) is 102 Å². The Hall–Kier alpha value is -4.66. The maximum Gasteiger partial charge on any atom is 0.0541 e. The molecule has 230 valence electrons. The largest absolute Gasteiger partial charge is 0.309 e. The van der Waals surface area contributed by atoms with Gasteiger partial charge >= 0.3 is 0 Å². The van der Waals surface area contributed by atoms with Crippen LogP contribution in [0.4, 0.5) is 0 Å². The first-order valence-electron chi connectivity index (χ1n) is 17.9. The molecule has 2 aromatic heterocycles. The van der Waals surface area contributed by atoms with E-state index >= 15 is 0 Å². The number of para-hydroxylation sites is 1. The molecule has 5 aliphatic carbocycles. The zero-order chi connectivity index (χ0) is 31.1. The van der Waals surface area contributed by atoms with E-state index in [2.05, 4.69) is 132 Å². The van der Waals surface area contributed by atoms with E-state index in [1.807, 2.05) is 11.3 Å². The van der Waals surface area contributed by atoms with Gasteiger partial charge in [0, 0.05) is 42.0 Å². The number of fused-ring (bicyclic) bond motifs is 9. The summed E-state index contributed by atoms with van der Waals surface area (Å²) >= 11 is 1.90. The smallest absolute Gasteiger partial charge is 0.0541 e. The lowest BCUT2D eigenvalue weighted by atomic mass is 9.43. The second-order valence-electron chi connectivity index (χ2n) is 15.3. The highest BCUT2D eigenvalue weighted by atomic mass is 32.1. The topological polar surface area (TPSA) is 4.93 Å². The Bertz CT molecular complexity index is 2620. The van der Waals surface area contributed by atoms with Gasteiger partial charge in [-0.25, -0.2) is 0 Å². The van der Waals surface area contributed by atoms with Gasteiger partial charge in [0.25, 0.3) is 0 Å². The molecular formula is C46H35NS. The average molecular weight is 634 g/mol. The highest BCUT2D eigenvalue weighted by Crippen LogP contribution is 2.69. The number of hydrogen-bond donors (Lipinski definition) is 0. The summed E-state index contributed by atoms with van der Waals surface area (Å²) in [5.41, 5.74) is 12.9. The molecule has 4 bridgehead atoms. The number of thiophene rings is 1. The zero-order valence-corrected chi connectivity index (χ0v) is 27.6. The lowest BCUT2D eigenvalue weighted by molar-refractivity contribution is -0.0399. The second kappa shape index (κ2) is 9.27. The van der Waals surface area contributed by atoms with Gasteiger partial charge in [0.1, 0.15) is 0 Å². The lowest BCUT2D eigenvalue weighted by Crippen LogP contribution is -2.55. The molecule has 4 fully saturated rings. The van der Waals surface area contributed by atoms with Crippen LogP contribution in [-0.4, -0.2) is 4.57 Å². The molecule has 5 aliphatic rings. The number of hydrogen-bond acceptors (Lipinski definition) is 1. The van der Waals surface area contributed by atoms with Crippen LogP contribution in [0.2, 0.25) is 0 Å². The van der Waals surface area contributed by atoms with Crippen molar-refractivity contribution in [1.29, 1.82) is 0 Å². The molecular weight excluding hydrogens is 599 g/mol. The van der Waals surface area contributed by atoms with Crippen molar-refractivity contribution in [2.24, 2.45) is 23.7 Å². The number of aromatic nitrogens is 1. The molecule has 0 radical (unpaired) electrons. The van der Waals surface area contributed by atoms with E-state index in [0.29, 0.717) is 0 Å². The normalized spacial score (nSPS) is 25.2. The van der Waals surface area contributed by atoms with Crippen molar-refractivity contribution >= 4 is 53.3 Å². The van der Waals surface area contributed by atoms with Crippen molar-refractivity contribution in [3.63, 3.8) is 0 Å². The summed E-state index contributed by atoms with van der Waals surface area (Å²) in [4.78, 5) is 0. The Morgan fingerprint density at radius 3 is 2.02 bits per heavy atom. The summed E-state index contributed by atoms with van der Waals surface area (Å²) < 4.78 is 5.27. The van der Waals surface area contributed by atoms with Crippen LogP contribution >= 0.6 is 11.3 Å². The quantitative estimate of drug-likeness (QED) is 0.178. The van der Waals surface area contributed by atoms with Crippen molar-refractivity contribution in [1.82, 2.24) is 4.57 Å². The van der Waals surface area contributed by atoms with Gasteiger partial charge in [-0.2, -0.15) is 0 Å². The van der Waals surface area contributed by atoms with Crippen molar-refractivity contribution < 1.29 is 0 Å². The average Bonchev–Trinajstić information content (AvgIpc) is 3.76. The third kappa shape index (κ3) is 3.27. The van der Waals surface area contributed by atoms with Crippen LogP contribution in [0, 0.1) is 23.7 Å². The minimum atomic E-state index is 0.173. The van der Waals surface area contributed by atoms with E-state index in [4.69, 9.17) is 0 Å². The maximum atomic E-state index is 2.63. The first-order valence-corrected chi connectivity index (χ1v) is 18.8. The van der Waals surface area contributed by atoms with Gasteiger partial charge in [-0.1, -0.05) is 84.9 Å². The summed E-state index contributed by atoms with van der Waals surface area (Å²) in [6, 6.07) is 49.0. The van der Waals surface area contributed by atoms with Gasteiger partial charge < -0.3 is 4.57 Å². The highest BCUT2D eigenvalue weighted by Gasteiger charge is 2.61. The van der Waals surface area contributed by atoms with E-state index in [9.17, 15) is 0 Å². The molecule has 2 heteroatoms. The van der Waals surface area contributed by atoms with Crippen molar-refractivity contribution in [3.05, 3.63) is 139 Å². The molecule has 4 saturated carbocycles. The van der Waals surface area contributed by atoms with E-state index in [0.717, 1.165) is 23.7 Å². The Morgan fingerprint density at radius 1 is 0.479 bits per heavy atom. The number of benzene rings is 6. The molecule has 1 nitrogen and oxygen atoms in total. The fraction of sp³-hybridized carbons (Fsp3) is 0.217. The van der Waals surface area contributed by atoms with Gasteiger partial charge in [-0.3, -0.25) is 0 Å². The highest BCUT2D eigenvalue weighted by molar-refractivity contribution is 7.25. The summed E-state index contributed by atoms with van der Waals surface area (Å²) in [5.74, 6) is 3.43. The van der Waals surface area contributed by atoms with Crippen LogP contribution in [-0.2, 0) is 5.41 Å². The first-order chi connectivity index (χ1) is 23.7. The molecule has 8 aromatic rings. The van der Waals surface area contributed by atoms with E-state index in [-0.39, 0.29) is 5.41 Å². The molecule has 0 saturated heterocycles. The molecule has 6 aromatic carbocycles. The standard InChI is InChI=1S/C46H35NS/c1-4-10-40-34(7-1)35-17-15-33(26-41(35)46(40)31-20-27-19-28(22-31)23-32(46)21-27)47-42-11-5-2-8-36(42)39-24-29(14-18-43(39)47)30-13-16-38-37-9-3-6-12-44(37)48-45(38)25-30/h1-18,24-28,31-32H,19-23H2. The van der Waals surface area contributed by atoms with Crippen LogP contribution in [0.1, 0.15) is 43.2 Å². The van der Waals surface area contributed by atoms with E-state index in [1.54, 1.807) is 11.1 Å². The predicted molar refractivity (Wildman–Crippen MR) is 202 cm³/mol. The minimum Gasteiger partial charge on any atom is -0.309 e. The number of nitrogens with zero attached hydrogens (tertiary/aromatic N) is 1. The fourth-order valence-corrected chi connectivity index (χ4v) is 12.8. The van der Waals surface area contributed by atoms with Crippen LogP contribution < -0.4 is 0 Å². The second-order valence-corrected chi connectivity index (χ2v) is 16.4. The molecule has 0 amide bonds. The summed E-state index contributed by atoms with van der Waals surface area (Å²) in [5, 5.41) is 5.36. The molecule has 1 spiro atoms. The van der Waals surface area contributed by atoms with E-state index < -0.39 is 0 Å². The third-order valence-electron chi connectivity index (χ3n) is 13.2. The molecule has 48 heavy (non-hydrogen) atoms. The van der Waals surface area contributed by atoms with Crippen LogP contribution in [0.5, 0.6) is 0 Å². The van der Waals surface area contributed by atoms with Crippen LogP contribution in [0.15, 0.2) is 127 Å². The van der Waals surface area contributed by atoms with Gasteiger partial charge in [0.15, 0.2) is 0 Å². The Balaban J connectivity index is 1.05. The van der Waals surface area contributed by atoms with Gasteiger partial charge in [-0.05, 0) is 132 Å². The van der Waals surface area contributed by atoms with Crippen LogP contribution in [0.25, 0.3) is 69.9 Å². The van der Waals surface area contributed by atoms with Crippen LogP contribution in [0.3, 0.4) is 0 Å². The molecule has 0 aliphatic heterocycles. The third-order valence-corrected chi connectivity index (χ3v) is 14.3. The minimum absolute atomic E-state index is 0.173. The van der Waals surface area contributed by atoms with Crippen molar-refractivity contribution in [2.75, 3.05) is 0 Å². The van der Waals surface area contributed by atoms with Crippen molar-refractivity contribution in [3.8, 4) is 27.9 Å².